The lowest BCUT2D eigenvalue weighted by atomic mass is 10.1. The highest BCUT2D eigenvalue weighted by atomic mass is 32.2. The fourth-order valence-electron chi connectivity index (χ4n) is 3.97. The molecule has 0 aliphatic carbocycles. The summed E-state index contributed by atoms with van der Waals surface area (Å²) in [5.74, 6) is -0.256. The van der Waals surface area contributed by atoms with Gasteiger partial charge in [0, 0.05) is 54.0 Å². The number of rotatable bonds is 2. The zero-order valence-electron chi connectivity index (χ0n) is 16.1. The second kappa shape index (κ2) is 7.24. The molecule has 1 amide bonds. The number of fused-ring (bicyclic) bond motifs is 3. The molecule has 1 aromatic heterocycles. The molecule has 1 saturated heterocycles. The molecule has 2 aliphatic rings. The minimum atomic E-state index is -0.576. The average molecular weight is 407 g/mol. The van der Waals surface area contributed by atoms with Crippen molar-refractivity contribution in [1.29, 1.82) is 0 Å². The summed E-state index contributed by atoms with van der Waals surface area (Å²) in [6.07, 6.45) is 0. The Kier molecular flexibility index (Phi) is 4.56. The van der Waals surface area contributed by atoms with E-state index < -0.39 is 5.63 Å². The third kappa shape index (κ3) is 3.10. The van der Waals surface area contributed by atoms with Crippen LogP contribution in [0.1, 0.15) is 17.3 Å². The van der Waals surface area contributed by atoms with Gasteiger partial charge in [-0.15, -0.1) is 0 Å². The van der Waals surface area contributed by atoms with Crippen LogP contribution in [0, 0.1) is 0 Å². The monoisotopic (exact) mass is 407 g/mol. The number of piperazine rings is 1. The summed E-state index contributed by atoms with van der Waals surface area (Å²) in [7, 11) is 0. The molecule has 0 radical (unpaired) electrons. The minimum Gasteiger partial charge on any atom is -0.422 e. The number of anilines is 2. The second-order valence-electron chi connectivity index (χ2n) is 7.16. The lowest BCUT2D eigenvalue weighted by Crippen LogP contribution is -2.47. The zero-order valence-corrected chi connectivity index (χ0v) is 16.9. The Morgan fingerprint density at radius 3 is 2.69 bits per heavy atom. The Labute approximate surface area is 172 Å². The van der Waals surface area contributed by atoms with E-state index in [0.29, 0.717) is 18.7 Å². The van der Waals surface area contributed by atoms with Crippen molar-refractivity contribution in [3.05, 3.63) is 58.4 Å². The van der Waals surface area contributed by atoms with Gasteiger partial charge in [-0.3, -0.25) is 4.79 Å². The number of nitrogens with zero attached hydrogens (tertiary/aromatic N) is 2. The summed E-state index contributed by atoms with van der Waals surface area (Å²) in [5.41, 5.74) is 2.21. The van der Waals surface area contributed by atoms with Crippen LogP contribution in [0.15, 0.2) is 61.5 Å². The quantitative estimate of drug-likeness (QED) is 0.657. The topological polar surface area (TPSA) is 65.8 Å². The van der Waals surface area contributed by atoms with E-state index in [2.05, 4.69) is 29.3 Å². The molecule has 148 valence electrons. The molecule has 6 nitrogen and oxygen atoms in total. The van der Waals surface area contributed by atoms with E-state index in [1.54, 1.807) is 22.7 Å². The third-order valence-electron chi connectivity index (χ3n) is 5.43. The van der Waals surface area contributed by atoms with Crippen molar-refractivity contribution in [2.45, 2.75) is 16.7 Å². The Hall–Kier alpha value is -2.77. The van der Waals surface area contributed by atoms with Crippen LogP contribution < -0.4 is 15.8 Å². The van der Waals surface area contributed by atoms with Gasteiger partial charge in [-0.05, 0) is 31.2 Å². The van der Waals surface area contributed by atoms with Gasteiger partial charge >= 0.3 is 5.63 Å². The maximum Gasteiger partial charge on any atom is 0.349 e. The molecule has 1 N–H and O–H groups in total. The molecule has 0 bridgehead atoms. The van der Waals surface area contributed by atoms with Gasteiger partial charge in [0.25, 0.3) is 5.91 Å². The highest BCUT2D eigenvalue weighted by Crippen LogP contribution is 2.49. The van der Waals surface area contributed by atoms with Gasteiger partial charge in [-0.1, -0.05) is 23.9 Å². The van der Waals surface area contributed by atoms with Crippen LogP contribution in [0.5, 0.6) is 0 Å². The van der Waals surface area contributed by atoms with E-state index in [0.717, 1.165) is 41.3 Å². The molecule has 3 heterocycles. The number of amides is 1. The summed E-state index contributed by atoms with van der Waals surface area (Å²) in [6, 6.07) is 13.9. The van der Waals surface area contributed by atoms with Gasteiger partial charge in [0.15, 0.2) is 0 Å². The summed E-state index contributed by atoms with van der Waals surface area (Å²) in [5, 5.41) is 3.98. The van der Waals surface area contributed by atoms with Gasteiger partial charge in [-0.25, -0.2) is 4.79 Å². The first-order valence-corrected chi connectivity index (χ1v) is 10.6. The molecular formula is C22H21N3O3S. The molecule has 2 aliphatic heterocycles. The minimum absolute atomic E-state index is 0.105. The number of benzene rings is 2. The lowest BCUT2D eigenvalue weighted by Gasteiger charge is -2.32. The van der Waals surface area contributed by atoms with Crippen molar-refractivity contribution in [2.24, 2.45) is 0 Å². The van der Waals surface area contributed by atoms with Crippen LogP contribution >= 0.6 is 11.8 Å². The highest BCUT2D eigenvalue weighted by molar-refractivity contribution is 7.99. The average Bonchev–Trinajstić information content (AvgIpc) is 2.76. The molecule has 3 aromatic rings. The maximum absolute atomic E-state index is 12.8. The van der Waals surface area contributed by atoms with Crippen molar-refractivity contribution >= 4 is 40.0 Å². The number of nitrogens with one attached hydrogen (secondary N) is 1. The SMILES string of the molecule is CCN1c2ccccc2Sc2cc3cc(C(=O)N4CCNCC4)c(=O)oc3cc21. The van der Waals surface area contributed by atoms with Crippen molar-refractivity contribution in [3.63, 3.8) is 0 Å². The van der Waals surface area contributed by atoms with Gasteiger partial charge in [0.05, 0.1) is 11.4 Å². The number of carbonyl (C=O) groups is 1. The van der Waals surface area contributed by atoms with Gasteiger partial charge in [-0.2, -0.15) is 0 Å². The largest absolute Gasteiger partial charge is 0.422 e. The number of hydrogen-bond donors (Lipinski definition) is 1. The molecular weight excluding hydrogens is 386 g/mol. The van der Waals surface area contributed by atoms with Crippen LogP contribution in [-0.2, 0) is 0 Å². The summed E-state index contributed by atoms with van der Waals surface area (Å²) in [4.78, 5) is 31.6. The molecule has 5 rings (SSSR count). The standard InChI is InChI=1S/C22H21N3O3S/c1-2-25-16-5-3-4-6-19(16)29-20-12-14-11-15(21(26)24-9-7-23-8-10-24)22(27)28-18(14)13-17(20)25/h3-6,11-13,23H,2,7-10H2,1H3. The van der Waals surface area contributed by atoms with E-state index in [9.17, 15) is 9.59 Å². The molecule has 0 unspecified atom stereocenters. The lowest BCUT2D eigenvalue weighted by molar-refractivity contribution is 0.0731. The van der Waals surface area contributed by atoms with Crippen LogP contribution in [0.25, 0.3) is 11.0 Å². The van der Waals surface area contributed by atoms with Crippen molar-refractivity contribution in [1.82, 2.24) is 10.2 Å². The van der Waals surface area contributed by atoms with Crippen molar-refractivity contribution in [2.75, 3.05) is 37.6 Å². The Balaban J connectivity index is 1.60. The second-order valence-corrected chi connectivity index (χ2v) is 8.25. The highest BCUT2D eigenvalue weighted by Gasteiger charge is 2.25. The normalized spacial score (nSPS) is 15.9. The molecule has 0 atom stereocenters. The number of hydrogen-bond acceptors (Lipinski definition) is 6. The smallest absolute Gasteiger partial charge is 0.349 e. The fraction of sp³-hybridized carbons (Fsp3) is 0.273. The Bertz CT molecular complexity index is 1170. The predicted molar refractivity (Wildman–Crippen MR) is 115 cm³/mol. The molecule has 1 fully saturated rings. The zero-order chi connectivity index (χ0) is 20.0. The fourth-order valence-corrected chi connectivity index (χ4v) is 5.10. The Morgan fingerprint density at radius 1 is 1.10 bits per heavy atom. The van der Waals surface area contributed by atoms with Crippen molar-refractivity contribution < 1.29 is 9.21 Å². The van der Waals surface area contributed by atoms with Crippen LogP contribution in [-0.4, -0.2) is 43.5 Å². The Morgan fingerprint density at radius 2 is 1.90 bits per heavy atom. The molecule has 7 heteroatoms. The van der Waals surface area contributed by atoms with E-state index >= 15 is 0 Å². The summed E-state index contributed by atoms with van der Waals surface area (Å²) in [6.45, 7) is 5.57. The van der Waals surface area contributed by atoms with Gasteiger partial charge < -0.3 is 19.5 Å². The van der Waals surface area contributed by atoms with Crippen LogP contribution in [0.3, 0.4) is 0 Å². The maximum atomic E-state index is 12.8. The number of carbonyl (C=O) groups excluding carboxylic acids is 1. The first kappa shape index (κ1) is 18.3. The number of para-hydroxylation sites is 1. The third-order valence-corrected chi connectivity index (χ3v) is 6.54. The first-order valence-electron chi connectivity index (χ1n) is 9.82. The molecule has 2 aromatic carbocycles. The predicted octanol–water partition coefficient (Wildman–Crippen LogP) is 3.46. The molecule has 29 heavy (non-hydrogen) atoms. The van der Waals surface area contributed by atoms with E-state index in [-0.39, 0.29) is 11.5 Å². The van der Waals surface area contributed by atoms with Crippen LogP contribution in [0.2, 0.25) is 0 Å². The summed E-state index contributed by atoms with van der Waals surface area (Å²) >= 11 is 1.70. The van der Waals surface area contributed by atoms with Gasteiger partial charge in [0.2, 0.25) is 0 Å². The molecule has 0 saturated carbocycles. The molecule has 0 spiro atoms. The van der Waals surface area contributed by atoms with Crippen molar-refractivity contribution in [3.8, 4) is 0 Å². The van der Waals surface area contributed by atoms with Crippen LogP contribution in [0.4, 0.5) is 11.4 Å². The van der Waals surface area contributed by atoms with E-state index in [1.807, 2.05) is 24.3 Å². The first-order chi connectivity index (χ1) is 14.2. The van der Waals surface area contributed by atoms with E-state index in [4.69, 9.17) is 4.42 Å². The summed E-state index contributed by atoms with van der Waals surface area (Å²) < 4.78 is 5.60. The van der Waals surface area contributed by atoms with E-state index in [1.165, 1.54) is 4.90 Å². The van der Waals surface area contributed by atoms with Gasteiger partial charge in [0.1, 0.15) is 11.1 Å².